The third-order valence-corrected chi connectivity index (χ3v) is 6.45. The number of halogens is 5. The van der Waals surface area contributed by atoms with Crippen LogP contribution in [0.2, 0.25) is 10.0 Å². The average Bonchev–Trinajstić information content (AvgIpc) is 3.25. The Hall–Kier alpha value is -3.60. The first-order chi connectivity index (χ1) is 17.3. The number of nitrogens with one attached hydrogen (secondary N) is 3. The van der Waals surface area contributed by atoms with Crippen LogP contribution < -0.4 is 16.0 Å². The lowest BCUT2D eigenvalue weighted by Gasteiger charge is -2.11. The first kappa shape index (κ1) is 24.1. The Morgan fingerprint density at radius 1 is 0.694 bits per heavy atom. The van der Waals surface area contributed by atoms with E-state index in [1.807, 2.05) is 30.3 Å². The highest BCUT2D eigenvalue weighted by Crippen LogP contribution is 2.37. The van der Waals surface area contributed by atoms with Crippen molar-refractivity contribution in [3.63, 3.8) is 0 Å². The molecule has 5 rings (SSSR count). The Bertz CT molecular complexity index is 1510. The summed E-state index contributed by atoms with van der Waals surface area (Å²) in [5.41, 5.74) is 1.34. The summed E-state index contributed by atoms with van der Waals surface area (Å²) in [5, 5.41) is 10.6. The van der Waals surface area contributed by atoms with Crippen LogP contribution in [0, 0.1) is 0 Å². The standard InChI is InChI=1S/C24H15Cl2F3N6S/c25-16-7-4-8-17(26)18(16)32-23-33-19-20(30-15-11-9-13(10-12-15)24(27,28)29)34-22(35-21(19)36-23)31-14-5-2-1-3-6-14/h1-12H,(H,32,33)(H2,30,31,34,35). The minimum Gasteiger partial charge on any atom is -0.338 e. The van der Waals surface area contributed by atoms with E-state index in [2.05, 4.69) is 30.9 Å². The van der Waals surface area contributed by atoms with Gasteiger partial charge in [-0.3, -0.25) is 0 Å². The molecule has 0 bridgehead atoms. The van der Waals surface area contributed by atoms with Crippen molar-refractivity contribution in [3.8, 4) is 0 Å². The number of thiazole rings is 1. The van der Waals surface area contributed by atoms with Gasteiger partial charge in [0.2, 0.25) is 5.95 Å². The molecule has 0 aliphatic carbocycles. The number of alkyl halides is 3. The normalized spacial score (nSPS) is 11.5. The number of hydrogen-bond donors (Lipinski definition) is 3. The van der Waals surface area contributed by atoms with Crippen LogP contribution in [0.5, 0.6) is 0 Å². The quantitative estimate of drug-likeness (QED) is 0.198. The number of rotatable bonds is 6. The van der Waals surface area contributed by atoms with Gasteiger partial charge in [0.05, 0.1) is 21.3 Å². The van der Waals surface area contributed by atoms with Crippen molar-refractivity contribution in [1.29, 1.82) is 0 Å². The molecule has 5 aromatic rings. The molecule has 12 heteroatoms. The molecule has 2 aromatic heterocycles. The van der Waals surface area contributed by atoms with E-state index in [0.717, 1.165) is 17.8 Å². The van der Waals surface area contributed by atoms with Crippen LogP contribution >= 0.6 is 34.5 Å². The van der Waals surface area contributed by atoms with Gasteiger partial charge in [-0.2, -0.15) is 23.1 Å². The third-order valence-electron chi connectivity index (χ3n) is 4.96. The molecular weight excluding hydrogens is 532 g/mol. The summed E-state index contributed by atoms with van der Waals surface area (Å²) in [5.74, 6) is 0.599. The van der Waals surface area contributed by atoms with Gasteiger partial charge in [0.15, 0.2) is 15.8 Å². The minimum atomic E-state index is -4.43. The van der Waals surface area contributed by atoms with Gasteiger partial charge in [-0.1, -0.05) is 58.8 Å². The van der Waals surface area contributed by atoms with Crippen molar-refractivity contribution < 1.29 is 13.2 Å². The van der Waals surface area contributed by atoms with Crippen LogP contribution in [0.1, 0.15) is 5.56 Å². The number of nitrogens with zero attached hydrogens (tertiary/aromatic N) is 3. The largest absolute Gasteiger partial charge is 0.416 e. The Morgan fingerprint density at radius 3 is 2.03 bits per heavy atom. The van der Waals surface area contributed by atoms with E-state index in [9.17, 15) is 13.2 Å². The first-order valence-electron chi connectivity index (χ1n) is 10.4. The fraction of sp³-hybridized carbons (Fsp3) is 0.0417. The summed E-state index contributed by atoms with van der Waals surface area (Å²) in [7, 11) is 0. The monoisotopic (exact) mass is 546 g/mol. The van der Waals surface area contributed by atoms with Crippen LogP contribution in [-0.2, 0) is 6.18 Å². The van der Waals surface area contributed by atoms with Crippen molar-refractivity contribution in [1.82, 2.24) is 15.0 Å². The van der Waals surface area contributed by atoms with Crippen LogP contribution in [0.4, 0.5) is 47.1 Å². The first-order valence-corrected chi connectivity index (χ1v) is 12.0. The second-order valence-electron chi connectivity index (χ2n) is 7.48. The Labute approximate surface area is 217 Å². The lowest BCUT2D eigenvalue weighted by molar-refractivity contribution is -0.137. The van der Waals surface area contributed by atoms with E-state index in [-0.39, 0.29) is 5.95 Å². The summed E-state index contributed by atoms with van der Waals surface area (Å²) >= 11 is 13.8. The van der Waals surface area contributed by atoms with Gasteiger partial charge >= 0.3 is 6.18 Å². The van der Waals surface area contributed by atoms with E-state index in [1.165, 1.54) is 23.5 Å². The average molecular weight is 547 g/mol. The fourth-order valence-corrected chi connectivity index (χ4v) is 4.61. The summed E-state index contributed by atoms with van der Waals surface area (Å²) in [4.78, 5) is 14.2. The molecule has 3 aromatic carbocycles. The second kappa shape index (κ2) is 9.81. The van der Waals surface area contributed by atoms with Gasteiger partial charge in [-0.25, -0.2) is 4.98 Å². The molecule has 0 spiro atoms. The van der Waals surface area contributed by atoms with Gasteiger partial charge in [0, 0.05) is 11.4 Å². The van der Waals surface area contributed by atoms with Crippen LogP contribution in [-0.4, -0.2) is 15.0 Å². The van der Waals surface area contributed by atoms with Gasteiger partial charge < -0.3 is 16.0 Å². The van der Waals surface area contributed by atoms with E-state index in [0.29, 0.717) is 42.7 Å². The highest BCUT2D eigenvalue weighted by atomic mass is 35.5. The zero-order chi connectivity index (χ0) is 25.3. The molecule has 36 heavy (non-hydrogen) atoms. The number of para-hydroxylation sites is 2. The van der Waals surface area contributed by atoms with Gasteiger partial charge in [-0.05, 0) is 48.5 Å². The molecule has 0 amide bonds. The topological polar surface area (TPSA) is 74.8 Å². The molecule has 182 valence electrons. The van der Waals surface area contributed by atoms with Crippen molar-refractivity contribution in [2.24, 2.45) is 0 Å². The van der Waals surface area contributed by atoms with E-state index >= 15 is 0 Å². The number of aromatic nitrogens is 3. The fourth-order valence-electron chi connectivity index (χ4n) is 3.27. The van der Waals surface area contributed by atoms with Crippen LogP contribution in [0.25, 0.3) is 10.3 Å². The summed E-state index contributed by atoms with van der Waals surface area (Å²) in [6, 6.07) is 19.1. The zero-order valence-electron chi connectivity index (χ0n) is 18.1. The van der Waals surface area contributed by atoms with Gasteiger partial charge in [0.1, 0.15) is 5.52 Å². The highest BCUT2D eigenvalue weighted by molar-refractivity contribution is 7.22. The number of benzene rings is 3. The second-order valence-corrected chi connectivity index (χ2v) is 9.27. The molecule has 0 atom stereocenters. The summed E-state index contributed by atoms with van der Waals surface area (Å²) < 4.78 is 38.9. The predicted octanol–water partition coefficient (Wildman–Crippen LogP) is 8.64. The smallest absolute Gasteiger partial charge is 0.338 e. The van der Waals surface area contributed by atoms with Crippen LogP contribution in [0.3, 0.4) is 0 Å². The third kappa shape index (κ3) is 5.30. The molecule has 0 fully saturated rings. The SMILES string of the molecule is FC(F)(F)c1ccc(Nc2nc(Nc3ccccc3)nc3sc(Nc4c(Cl)cccc4Cl)nc23)cc1. The molecule has 0 saturated carbocycles. The summed E-state index contributed by atoms with van der Waals surface area (Å²) in [6.07, 6.45) is -4.43. The summed E-state index contributed by atoms with van der Waals surface area (Å²) in [6.45, 7) is 0. The van der Waals surface area contributed by atoms with Gasteiger partial charge in [0.25, 0.3) is 0 Å². The van der Waals surface area contributed by atoms with Crippen molar-refractivity contribution >= 4 is 78.8 Å². The zero-order valence-corrected chi connectivity index (χ0v) is 20.4. The van der Waals surface area contributed by atoms with Crippen LogP contribution in [0.15, 0.2) is 72.8 Å². The Balaban J connectivity index is 1.53. The maximum atomic E-state index is 13.0. The Morgan fingerprint density at radius 2 is 1.36 bits per heavy atom. The predicted molar refractivity (Wildman–Crippen MR) is 139 cm³/mol. The van der Waals surface area contributed by atoms with Crippen molar-refractivity contribution in [3.05, 3.63) is 88.4 Å². The molecule has 0 aliphatic rings. The molecule has 0 radical (unpaired) electrons. The Kier molecular flexibility index (Phi) is 6.57. The molecular formula is C24H15Cl2F3N6S. The highest BCUT2D eigenvalue weighted by Gasteiger charge is 2.30. The number of hydrogen-bond acceptors (Lipinski definition) is 7. The molecule has 6 nitrogen and oxygen atoms in total. The van der Waals surface area contributed by atoms with Crippen molar-refractivity contribution in [2.45, 2.75) is 6.18 Å². The molecule has 0 aliphatic heterocycles. The molecule has 2 heterocycles. The maximum Gasteiger partial charge on any atom is 0.416 e. The molecule has 0 unspecified atom stereocenters. The number of fused-ring (bicyclic) bond motifs is 1. The maximum absolute atomic E-state index is 13.0. The number of anilines is 6. The van der Waals surface area contributed by atoms with Crippen molar-refractivity contribution in [2.75, 3.05) is 16.0 Å². The molecule has 3 N–H and O–H groups in total. The van der Waals surface area contributed by atoms with E-state index < -0.39 is 11.7 Å². The van der Waals surface area contributed by atoms with E-state index in [4.69, 9.17) is 23.2 Å². The van der Waals surface area contributed by atoms with E-state index in [1.54, 1.807) is 18.2 Å². The lowest BCUT2D eigenvalue weighted by atomic mass is 10.2. The van der Waals surface area contributed by atoms with Gasteiger partial charge in [-0.15, -0.1) is 0 Å². The minimum absolute atomic E-state index is 0.286. The lowest BCUT2D eigenvalue weighted by Crippen LogP contribution is -2.05. The molecule has 0 saturated heterocycles.